The summed E-state index contributed by atoms with van der Waals surface area (Å²) in [5.41, 5.74) is 5.32. The van der Waals surface area contributed by atoms with Gasteiger partial charge < -0.3 is 20.5 Å². The highest BCUT2D eigenvalue weighted by Gasteiger charge is 2.20. The van der Waals surface area contributed by atoms with Gasteiger partial charge in [-0.2, -0.15) is 0 Å². The number of nitrogens with zero attached hydrogens (tertiary/aromatic N) is 1. The van der Waals surface area contributed by atoms with E-state index in [0.29, 0.717) is 6.54 Å². The van der Waals surface area contributed by atoms with Crippen LogP contribution in [0.4, 0.5) is 0 Å². The molecule has 0 aliphatic heterocycles. The van der Waals surface area contributed by atoms with E-state index in [1.54, 1.807) is 14.0 Å². The zero-order valence-corrected chi connectivity index (χ0v) is 8.36. The normalized spacial score (nSPS) is 15.2. The van der Waals surface area contributed by atoms with Gasteiger partial charge in [-0.05, 0) is 6.92 Å². The second-order valence-corrected chi connectivity index (χ2v) is 3.03. The van der Waals surface area contributed by atoms with Gasteiger partial charge in [-0.25, -0.2) is 0 Å². The van der Waals surface area contributed by atoms with Gasteiger partial charge in [0.15, 0.2) is 0 Å². The lowest BCUT2D eigenvalue weighted by molar-refractivity contribution is -0.141. The average molecular weight is 190 g/mol. The third-order valence-electron chi connectivity index (χ3n) is 1.69. The van der Waals surface area contributed by atoms with Gasteiger partial charge in [-0.3, -0.25) is 4.79 Å². The number of nitrogens with two attached hydrogens (primary N) is 1. The number of ether oxygens (including phenoxy) is 1. The predicted octanol–water partition coefficient (Wildman–Crippen LogP) is -1.20. The van der Waals surface area contributed by atoms with Gasteiger partial charge in [0.1, 0.15) is 6.10 Å². The lowest BCUT2D eigenvalue weighted by Gasteiger charge is -2.22. The van der Waals surface area contributed by atoms with Crippen LogP contribution in [0.2, 0.25) is 0 Å². The van der Waals surface area contributed by atoms with E-state index in [1.165, 1.54) is 12.0 Å². The number of likely N-dealkylation sites (N-methyl/N-ethyl adjacent to an activating group) is 1. The second-order valence-electron chi connectivity index (χ2n) is 3.03. The van der Waals surface area contributed by atoms with Crippen LogP contribution >= 0.6 is 0 Å². The number of rotatable bonds is 5. The molecule has 0 aliphatic carbocycles. The Hall–Kier alpha value is -0.650. The maximum Gasteiger partial charge on any atom is 0.252 e. The fourth-order valence-electron chi connectivity index (χ4n) is 1.03. The molecule has 0 bridgehead atoms. The number of amides is 1. The Morgan fingerprint density at radius 2 is 2.23 bits per heavy atom. The molecular formula is C8H18N2O3. The Balaban J connectivity index is 4.07. The SMILES string of the molecule is COC(CN)C(=O)N(C)CC(C)O. The first-order chi connectivity index (χ1) is 6.02. The monoisotopic (exact) mass is 190 g/mol. The minimum absolute atomic E-state index is 0.152. The Morgan fingerprint density at radius 1 is 1.69 bits per heavy atom. The third kappa shape index (κ3) is 4.21. The molecule has 3 N–H and O–H groups in total. The lowest BCUT2D eigenvalue weighted by atomic mass is 10.3. The van der Waals surface area contributed by atoms with Crippen molar-refractivity contribution in [2.45, 2.75) is 19.1 Å². The molecule has 0 aromatic heterocycles. The fraction of sp³-hybridized carbons (Fsp3) is 0.875. The molecule has 0 radical (unpaired) electrons. The molecule has 2 atom stereocenters. The maximum atomic E-state index is 11.5. The van der Waals surface area contributed by atoms with Crippen LogP contribution in [0.5, 0.6) is 0 Å². The molecule has 5 heteroatoms. The molecule has 0 saturated heterocycles. The molecule has 2 unspecified atom stereocenters. The minimum Gasteiger partial charge on any atom is -0.392 e. The molecule has 0 saturated carbocycles. The van der Waals surface area contributed by atoms with Crippen molar-refractivity contribution in [2.24, 2.45) is 5.73 Å². The van der Waals surface area contributed by atoms with Crippen molar-refractivity contribution in [3.05, 3.63) is 0 Å². The van der Waals surface area contributed by atoms with E-state index >= 15 is 0 Å². The summed E-state index contributed by atoms with van der Waals surface area (Å²) in [5.74, 6) is -0.203. The minimum atomic E-state index is -0.608. The van der Waals surface area contributed by atoms with Gasteiger partial charge in [-0.1, -0.05) is 0 Å². The zero-order chi connectivity index (χ0) is 10.4. The number of aliphatic hydroxyl groups is 1. The van der Waals surface area contributed by atoms with E-state index in [0.717, 1.165) is 0 Å². The number of carbonyl (C=O) groups is 1. The maximum absolute atomic E-state index is 11.5. The molecule has 0 spiro atoms. The van der Waals surface area contributed by atoms with Gasteiger partial charge in [0.2, 0.25) is 0 Å². The van der Waals surface area contributed by atoms with Crippen molar-refractivity contribution >= 4 is 5.91 Å². The lowest BCUT2D eigenvalue weighted by Crippen LogP contribution is -2.44. The fourth-order valence-corrected chi connectivity index (χ4v) is 1.03. The van der Waals surface area contributed by atoms with E-state index in [2.05, 4.69) is 0 Å². The van der Waals surface area contributed by atoms with Crippen molar-refractivity contribution < 1.29 is 14.6 Å². The number of hydrogen-bond acceptors (Lipinski definition) is 4. The van der Waals surface area contributed by atoms with Gasteiger partial charge in [0, 0.05) is 27.2 Å². The largest absolute Gasteiger partial charge is 0.392 e. The van der Waals surface area contributed by atoms with Crippen LogP contribution in [0.15, 0.2) is 0 Å². The van der Waals surface area contributed by atoms with E-state index in [4.69, 9.17) is 15.6 Å². The summed E-state index contributed by atoms with van der Waals surface area (Å²) >= 11 is 0. The first-order valence-corrected chi connectivity index (χ1v) is 4.18. The summed E-state index contributed by atoms with van der Waals surface area (Å²) in [6.45, 7) is 2.06. The Kier molecular flexibility index (Phi) is 5.61. The van der Waals surface area contributed by atoms with Crippen LogP contribution in [0.3, 0.4) is 0 Å². The van der Waals surface area contributed by atoms with Crippen LogP contribution in [-0.2, 0) is 9.53 Å². The van der Waals surface area contributed by atoms with Crippen molar-refractivity contribution in [3.63, 3.8) is 0 Å². The molecule has 0 aliphatic rings. The first kappa shape index (κ1) is 12.3. The van der Waals surface area contributed by atoms with Gasteiger partial charge in [0.25, 0.3) is 5.91 Å². The topological polar surface area (TPSA) is 75.8 Å². The zero-order valence-electron chi connectivity index (χ0n) is 8.36. The predicted molar refractivity (Wildman–Crippen MR) is 49.2 cm³/mol. The van der Waals surface area contributed by atoms with E-state index in [9.17, 15) is 4.79 Å². The van der Waals surface area contributed by atoms with Crippen molar-refractivity contribution in [3.8, 4) is 0 Å². The number of hydrogen-bond donors (Lipinski definition) is 2. The Bertz CT molecular complexity index is 157. The molecule has 5 nitrogen and oxygen atoms in total. The molecule has 78 valence electrons. The smallest absolute Gasteiger partial charge is 0.252 e. The van der Waals surface area contributed by atoms with Crippen LogP contribution in [0, 0.1) is 0 Å². The van der Waals surface area contributed by atoms with Crippen molar-refractivity contribution in [1.82, 2.24) is 4.90 Å². The standard InChI is InChI=1S/C8H18N2O3/c1-6(11)5-10(2)8(12)7(4-9)13-3/h6-7,11H,4-5,9H2,1-3H3. The Morgan fingerprint density at radius 3 is 2.54 bits per heavy atom. The number of methoxy groups -OCH3 is 1. The molecule has 1 amide bonds. The molecule has 0 rings (SSSR count). The highest BCUT2D eigenvalue weighted by molar-refractivity contribution is 5.80. The van der Waals surface area contributed by atoms with Gasteiger partial charge in [0.05, 0.1) is 6.10 Å². The highest BCUT2D eigenvalue weighted by Crippen LogP contribution is 1.96. The van der Waals surface area contributed by atoms with Crippen molar-refractivity contribution in [2.75, 3.05) is 27.2 Å². The molecular weight excluding hydrogens is 172 g/mol. The first-order valence-electron chi connectivity index (χ1n) is 4.18. The summed E-state index contributed by atoms with van der Waals surface area (Å²) in [5, 5.41) is 9.03. The van der Waals surface area contributed by atoms with E-state index in [1.807, 2.05) is 0 Å². The summed E-state index contributed by atoms with van der Waals surface area (Å²) < 4.78 is 4.87. The van der Waals surface area contributed by atoms with E-state index in [-0.39, 0.29) is 12.5 Å². The van der Waals surface area contributed by atoms with Gasteiger partial charge in [-0.15, -0.1) is 0 Å². The Labute approximate surface area is 78.5 Å². The molecule has 0 aromatic carbocycles. The second kappa shape index (κ2) is 5.90. The number of aliphatic hydroxyl groups excluding tert-OH is 1. The summed E-state index contributed by atoms with van der Waals surface area (Å²) in [4.78, 5) is 12.9. The summed E-state index contributed by atoms with van der Waals surface area (Å²) in [7, 11) is 3.04. The molecule has 0 aromatic rings. The quantitative estimate of drug-likeness (QED) is 0.571. The molecule has 0 fully saturated rings. The third-order valence-corrected chi connectivity index (χ3v) is 1.69. The van der Waals surface area contributed by atoms with Gasteiger partial charge >= 0.3 is 0 Å². The van der Waals surface area contributed by atoms with Crippen LogP contribution < -0.4 is 5.73 Å². The summed E-state index contributed by atoms with van der Waals surface area (Å²) in [6, 6.07) is 0. The molecule has 0 heterocycles. The van der Waals surface area contributed by atoms with Crippen LogP contribution in [0.25, 0.3) is 0 Å². The highest BCUT2D eigenvalue weighted by atomic mass is 16.5. The van der Waals surface area contributed by atoms with Crippen LogP contribution in [-0.4, -0.2) is 55.4 Å². The van der Waals surface area contributed by atoms with Crippen molar-refractivity contribution in [1.29, 1.82) is 0 Å². The number of carbonyl (C=O) groups excluding carboxylic acids is 1. The average Bonchev–Trinajstić information content (AvgIpc) is 2.05. The summed E-state index contributed by atoms with van der Waals surface area (Å²) in [6.07, 6.45) is -1.15. The van der Waals surface area contributed by atoms with Crippen LogP contribution in [0.1, 0.15) is 6.92 Å². The van der Waals surface area contributed by atoms with E-state index < -0.39 is 12.2 Å². The molecule has 13 heavy (non-hydrogen) atoms.